The third-order valence-corrected chi connectivity index (χ3v) is 4.32. The van der Waals surface area contributed by atoms with Gasteiger partial charge in [0, 0.05) is 23.3 Å². The molecule has 1 aliphatic heterocycles. The van der Waals surface area contributed by atoms with Crippen LogP contribution in [-0.4, -0.2) is 18.4 Å². The summed E-state index contributed by atoms with van der Waals surface area (Å²) in [7, 11) is 0. The van der Waals surface area contributed by atoms with Gasteiger partial charge in [-0.1, -0.05) is 32.9 Å². The Morgan fingerprint density at radius 2 is 1.73 bits per heavy atom. The van der Waals surface area contributed by atoms with Gasteiger partial charge in [0.1, 0.15) is 17.2 Å². The van der Waals surface area contributed by atoms with Gasteiger partial charge in [-0.15, -0.1) is 0 Å². The number of anilines is 2. The van der Waals surface area contributed by atoms with E-state index in [1.165, 1.54) is 6.07 Å². The van der Waals surface area contributed by atoms with Crippen molar-refractivity contribution in [1.29, 1.82) is 0 Å². The molecule has 1 heterocycles. The van der Waals surface area contributed by atoms with E-state index in [0.29, 0.717) is 12.2 Å². The minimum absolute atomic E-state index is 0.0140. The average molecular weight is 358 g/mol. The van der Waals surface area contributed by atoms with Crippen molar-refractivity contribution >= 4 is 23.2 Å². The van der Waals surface area contributed by atoms with Crippen molar-refractivity contribution in [3.8, 4) is 0 Å². The van der Waals surface area contributed by atoms with Gasteiger partial charge in [0.05, 0.1) is 0 Å². The van der Waals surface area contributed by atoms with Gasteiger partial charge in [-0.05, 0) is 36.2 Å². The van der Waals surface area contributed by atoms with Crippen LogP contribution in [0.1, 0.15) is 36.7 Å². The summed E-state index contributed by atoms with van der Waals surface area (Å²) in [6, 6.07) is 8.42. The number of carbonyl (C=O) groups excluding carboxylic acids is 2. The highest BCUT2D eigenvalue weighted by molar-refractivity contribution is 6.05. The molecule has 2 amide bonds. The van der Waals surface area contributed by atoms with Crippen molar-refractivity contribution in [1.82, 2.24) is 0 Å². The van der Waals surface area contributed by atoms with Crippen LogP contribution in [0.15, 0.2) is 36.4 Å². The highest BCUT2D eigenvalue weighted by Crippen LogP contribution is 2.34. The fraction of sp³-hybridized carbons (Fsp3) is 0.300. The molecule has 1 aliphatic rings. The maximum Gasteiger partial charge on any atom is 0.261 e. The zero-order valence-electron chi connectivity index (χ0n) is 14.9. The average Bonchev–Trinajstić information content (AvgIpc) is 2.96. The highest BCUT2D eigenvalue weighted by Gasteiger charge is 2.32. The third kappa shape index (κ3) is 3.31. The quantitative estimate of drug-likeness (QED) is 0.877. The van der Waals surface area contributed by atoms with Crippen molar-refractivity contribution in [2.24, 2.45) is 5.41 Å². The molecule has 0 spiro atoms. The molecule has 0 unspecified atom stereocenters. The van der Waals surface area contributed by atoms with Gasteiger partial charge in [-0.3, -0.25) is 9.59 Å². The van der Waals surface area contributed by atoms with Crippen molar-refractivity contribution < 1.29 is 18.4 Å². The van der Waals surface area contributed by atoms with Crippen LogP contribution in [0.5, 0.6) is 0 Å². The molecular formula is C20H20F2N2O2. The van der Waals surface area contributed by atoms with Crippen molar-refractivity contribution in [3.05, 3.63) is 59.2 Å². The molecule has 1 N–H and O–H groups in total. The van der Waals surface area contributed by atoms with E-state index in [1.54, 1.807) is 17.0 Å². The molecule has 0 aliphatic carbocycles. The first-order valence-electron chi connectivity index (χ1n) is 8.39. The Morgan fingerprint density at radius 3 is 2.35 bits per heavy atom. The summed E-state index contributed by atoms with van der Waals surface area (Å²) in [5.41, 5.74) is 0.937. The molecule has 0 saturated heterocycles. The molecule has 4 nitrogen and oxygen atoms in total. The van der Waals surface area contributed by atoms with E-state index in [0.717, 1.165) is 29.8 Å². The van der Waals surface area contributed by atoms with E-state index in [-0.39, 0.29) is 5.91 Å². The van der Waals surface area contributed by atoms with E-state index in [2.05, 4.69) is 5.32 Å². The number of fused-ring (bicyclic) bond motifs is 1. The number of hydrogen-bond donors (Lipinski definition) is 1. The van der Waals surface area contributed by atoms with E-state index < -0.39 is 28.5 Å². The Kier molecular flexibility index (Phi) is 4.52. The van der Waals surface area contributed by atoms with Crippen LogP contribution in [-0.2, 0) is 11.2 Å². The Hall–Kier alpha value is -2.76. The first-order chi connectivity index (χ1) is 12.2. The molecule has 0 saturated carbocycles. The van der Waals surface area contributed by atoms with Crippen molar-refractivity contribution in [2.75, 3.05) is 16.8 Å². The maximum absolute atomic E-state index is 13.8. The highest BCUT2D eigenvalue weighted by atomic mass is 19.1. The lowest BCUT2D eigenvalue weighted by atomic mass is 9.94. The second-order valence-corrected chi connectivity index (χ2v) is 7.35. The molecule has 136 valence electrons. The maximum atomic E-state index is 13.8. The minimum Gasteiger partial charge on any atom is -0.322 e. The Bertz CT molecular complexity index is 868. The van der Waals surface area contributed by atoms with Crippen LogP contribution in [0.4, 0.5) is 20.2 Å². The molecule has 0 atom stereocenters. The summed E-state index contributed by atoms with van der Waals surface area (Å²) in [5, 5.41) is 2.51. The zero-order chi connectivity index (χ0) is 19.1. The fourth-order valence-electron chi connectivity index (χ4n) is 2.98. The fourth-order valence-corrected chi connectivity index (χ4v) is 2.98. The minimum atomic E-state index is -0.923. The van der Waals surface area contributed by atoms with Gasteiger partial charge < -0.3 is 10.2 Å². The van der Waals surface area contributed by atoms with Crippen LogP contribution in [0.3, 0.4) is 0 Å². The molecular weight excluding hydrogens is 338 g/mol. The first-order valence-corrected chi connectivity index (χ1v) is 8.39. The van der Waals surface area contributed by atoms with Crippen LogP contribution in [0.2, 0.25) is 0 Å². The summed E-state index contributed by atoms with van der Waals surface area (Å²) in [6.45, 7) is 6.12. The lowest BCUT2D eigenvalue weighted by Crippen LogP contribution is -2.38. The van der Waals surface area contributed by atoms with Crippen LogP contribution in [0, 0.1) is 17.0 Å². The normalized spacial score (nSPS) is 13.5. The number of amides is 2. The number of benzene rings is 2. The molecule has 0 radical (unpaired) electrons. The summed E-state index contributed by atoms with van der Waals surface area (Å²) in [5.74, 6) is -2.73. The van der Waals surface area contributed by atoms with Gasteiger partial charge >= 0.3 is 0 Å². The summed E-state index contributed by atoms with van der Waals surface area (Å²) >= 11 is 0. The Balaban J connectivity index is 1.88. The molecule has 2 aromatic carbocycles. The lowest BCUT2D eigenvalue weighted by molar-refractivity contribution is -0.125. The number of nitrogens with zero attached hydrogens (tertiary/aromatic N) is 1. The van der Waals surface area contributed by atoms with Gasteiger partial charge in [0.15, 0.2) is 0 Å². The monoisotopic (exact) mass is 358 g/mol. The van der Waals surface area contributed by atoms with Gasteiger partial charge in [0.25, 0.3) is 5.91 Å². The summed E-state index contributed by atoms with van der Waals surface area (Å²) < 4.78 is 27.5. The second kappa shape index (κ2) is 6.52. The molecule has 0 aromatic heterocycles. The van der Waals surface area contributed by atoms with Crippen LogP contribution < -0.4 is 10.2 Å². The molecule has 3 rings (SSSR count). The van der Waals surface area contributed by atoms with Gasteiger partial charge in [-0.2, -0.15) is 0 Å². The number of rotatable bonds is 2. The SMILES string of the molecule is CC(C)(C)C(=O)N1CCc2ccc(NC(=O)c3c(F)cccc3F)cc21. The van der Waals surface area contributed by atoms with Crippen LogP contribution >= 0.6 is 0 Å². The van der Waals surface area contributed by atoms with Crippen LogP contribution in [0.25, 0.3) is 0 Å². The van der Waals surface area contributed by atoms with Crippen molar-refractivity contribution in [3.63, 3.8) is 0 Å². The Labute approximate surface area is 150 Å². The number of carbonyl (C=O) groups is 2. The molecule has 0 fully saturated rings. The largest absolute Gasteiger partial charge is 0.322 e. The first kappa shape index (κ1) is 18.0. The van der Waals surface area contributed by atoms with E-state index >= 15 is 0 Å². The third-order valence-electron chi connectivity index (χ3n) is 4.32. The summed E-state index contributed by atoms with van der Waals surface area (Å²) in [4.78, 5) is 26.6. The second-order valence-electron chi connectivity index (χ2n) is 7.35. The summed E-state index contributed by atoms with van der Waals surface area (Å²) in [6.07, 6.45) is 0.729. The topological polar surface area (TPSA) is 49.4 Å². The van der Waals surface area contributed by atoms with Gasteiger partial charge in [-0.25, -0.2) is 8.78 Å². The van der Waals surface area contributed by atoms with E-state index in [9.17, 15) is 18.4 Å². The molecule has 6 heteroatoms. The zero-order valence-corrected chi connectivity index (χ0v) is 14.9. The lowest BCUT2D eigenvalue weighted by Gasteiger charge is -2.26. The molecule has 26 heavy (non-hydrogen) atoms. The number of nitrogens with one attached hydrogen (secondary N) is 1. The van der Waals surface area contributed by atoms with E-state index in [4.69, 9.17) is 0 Å². The number of hydrogen-bond acceptors (Lipinski definition) is 2. The van der Waals surface area contributed by atoms with E-state index in [1.807, 2.05) is 26.8 Å². The smallest absolute Gasteiger partial charge is 0.261 e. The predicted octanol–water partition coefficient (Wildman–Crippen LogP) is 4.15. The molecule has 0 bridgehead atoms. The van der Waals surface area contributed by atoms with Crippen molar-refractivity contribution in [2.45, 2.75) is 27.2 Å². The predicted molar refractivity (Wildman–Crippen MR) is 96.3 cm³/mol. The standard InChI is InChI=1S/C20H20F2N2O2/c1-20(2,3)19(26)24-10-9-12-7-8-13(11-16(12)24)23-18(25)17-14(21)5-4-6-15(17)22/h4-8,11H,9-10H2,1-3H3,(H,23,25). The Morgan fingerprint density at radius 1 is 1.08 bits per heavy atom. The van der Waals surface area contributed by atoms with Gasteiger partial charge in [0.2, 0.25) is 5.91 Å². The number of halogens is 2. The molecule has 2 aromatic rings.